The average molecular weight is 425 g/mol. The smallest absolute Gasteiger partial charge is 0.248 e. The number of carbonyl (C=O) groups excluding carboxylic acids is 1. The summed E-state index contributed by atoms with van der Waals surface area (Å²) < 4.78 is 6.56. The molecule has 7 heteroatoms. The highest BCUT2D eigenvalue weighted by molar-refractivity contribution is 14.1. The maximum absolute atomic E-state index is 12.0. The minimum Gasteiger partial charge on any atom is -0.421 e. The highest BCUT2D eigenvalue weighted by Crippen LogP contribution is 2.21. The van der Waals surface area contributed by atoms with Gasteiger partial charge in [0.1, 0.15) is 0 Å². The van der Waals surface area contributed by atoms with Crippen LogP contribution < -0.4 is 5.32 Å². The van der Waals surface area contributed by atoms with E-state index in [2.05, 4.69) is 38.1 Å². The summed E-state index contributed by atoms with van der Waals surface area (Å²) in [7, 11) is 0. The number of aromatic nitrogens is 2. The lowest BCUT2D eigenvalue weighted by Crippen LogP contribution is -2.13. The summed E-state index contributed by atoms with van der Waals surface area (Å²) in [4.78, 5) is 12.0. The quantitative estimate of drug-likeness (QED) is 0.629. The summed E-state index contributed by atoms with van der Waals surface area (Å²) >= 11 is 3.76. The van der Waals surface area contributed by atoms with Gasteiger partial charge in [-0.15, -0.1) is 10.2 Å². The zero-order chi connectivity index (χ0) is 15.4. The van der Waals surface area contributed by atoms with Gasteiger partial charge in [-0.2, -0.15) is 11.3 Å². The van der Waals surface area contributed by atoms with Gasteiger partial charge in [-0.1, -0.05) is 12.1 Å². The van der Waals surface area contributed by atoms with E-state index in [1.165, 1.54) is 0 Å². The van der Waals surface area contributed by atoms with Gasteiger partial charge < -0.3 is 9.73 Å². The summed E-state index contributed by atoms with van der Waals surface area (Å²) in [6, 6.07) is 9.57. The van der Waals surface area contributed by atoms with Crippen LogP contribution in [-0.4, -0.2) is 16.1 Å². The number of nitrogens with one attached hydrogen (secondary N) is 1. The monoisotopic (exact) mass is 425 g/mol. The predicted octanol–water partition coefficient (Wildman–Crippen LogP) is 3.97. The van der Waals surface area contributed by atoms with E-state index < -0.39 is 0 Å². The Bertz CT molecular complexity index is 771. The van der Waals surface area contributed by atoms with Crippen molar-refractivity contribution in [2.75, 3.05) is 5.32 Å². The number of carbonyl (C=O) groups is 1. The topological polar surface area (TPSA) is 68.0 Å². The van der Waals surface area contributed by atoms with Gasteiger partial charge in [0.05, 0.1) is 5.69 Å². The third kappa shape index (κ3) is 3.72. The van der Waals surface area contributed by atoms with Gasteiger partial charge in [-0.3, -0.25) is 4.79 Å². The van der Waals surface area contributed by atoms with Gasteiger partial charge in [0.15, 0.2) is 0 Å². The second-order valence-electron chi connectivity index (χ2n) is 4.54. The molecule has 0 aliphatic rings. The molecule has 0 aliphatic carbocycles. The minimum absolute atomic E-state index is 0.0700. The Morgan fingerprint density at radius 1 is 1.27 bits per heavy atom. The fourth-order valence-electron chi connectivity index (χ4n) is 1.85. The SMILES string of the molecule is O=C(CCc1nnc(-c2ccsc2)o1)Nc1ccccc1I. The van der Waals surface area contributed by atoms with Crippen LogP contribution in [0.3, 0.4) is 0 Å². The molecule has 0 unspecified atom stereocenters. The number of aryl methyl sites for hydroxylation is 1. The van der Waals surface area contributed by atoms with Crippen molar-refractivity contribution in [2.45, 2.75) is 12.8 Å². The molecule has 0 spiro atoms. The number of rotatable bonds is 5. The fraction of sp³-hybridized carbons (Fsp3) is 0.133. The lowest BCUT2D eigenvalue weighted by atomic mass is 10.2. The second-order valence-corrected chi connectivity index (χ2v) is 6.48. The van der Waals surface area contributed by atoms with E-state index in [9.17, 15) is 4.79 Å². The molecule has 1 N–H and O–H groups in total. The van der Waals surface area contributed by atoms with Gasteiger partial charge in [0.25, 0.3) is 0 Å². The molecule has 1 amide bonds. The van der Waals surface area contributed by atoms with E-state index in [-0.39, 0.29) is 5.91 Å². The van der Waals surface area contributed by atoms with E-state index in [1.807, 2.05) is 41.1 Å². The number of thiophene rings is 1. The highest BCUT2D eigenvalue weighted by Gasteiger charge is 2.11. The number of nitrogens with zero attached hydrogens (tertiary/aromatic N) is 2. The molecule has 5 nitrogen and oxygen atoms in total. The number of hydrogen-bond acceptors (Lipinski definition) is 5. The number of halogens is 1. The third-order valence-corrected chi connectivity index (χ3v) is 4.57. The number of hydrogen-bond donors (Lipinski definition) is 1. The van der Waals surface area contributed by atoms with Gasteiger partial charge >= 0.3 is 0 Å². The van der Waals surface area contributed by atoms with Crippen LogP contribution in [0, 0.1) is 3.57 Å². The number of amides is 1. The Kier molecular flexibility index (Phi) is 4.84. The molecule has 0 aliphatic heterocycles. The van der Waals surface area contributed by atoms with Crippen LogP contribution in [0.4, 0.5) is 5.69 Å². The third-order valence-electron chi connectivity index (χ3n) is 2.95. The highest BCUT2D eigenvalue weighted by atomic mass is 127. The first-order valence-electron chi connectivity index (χ1n) is 6.62. The van der Waals surface area contributed by atoms with Gasteiger partial charge in [0.2, 0.25) is 17.7 Å². The maximum Gasteiger partial charge on any atom is 0.248 e. The molecular weight excluding hydrogens is 413 g/mol. The Morgan fingerprint density at radius 2 is 2.14 bits per heavy atom. The molecule has 3 aromatic rings. The van der Waals surface area contributed by atoms with Crippen molar-refractivity contribution in [2.24, 2.45) is 0 Å². The molecule has 0 radical (unpaired) electrons. The van der Waals surface area contributed by atoms with Crippen LogP contribution in [0.2, 0.25) is 0 Å². The zero-order valence-electron chi connectivity index (χ0n) is 11.5. The number of benzene rings is 1. The molecule has 0 atom stereocenters. The Morgan fingerprint density at radius 3 is 2.91 bits per heavy atom. The fourth-order valence-corrected chi connectivity index (χ4v) is 3.01. The molecule has 3 rings (SSSR count). The molecule has 0 bridgehead atoms. The second kappa shape index (κ2) is 7.01. The van der Waals surface area contributed by atoms with Crippen LogP contribution in [0.25, 0.3) is 11.5 Å². The summed E-state index contributed by atoms with van der Waals surface area (Å²) in [5, 5.41) is 14.7. The molecule has 0 saturated heterocycles. The molecule has 0 fully saturated rings. The van der Waals surface area contributed by atoms with Crippen molar-refractivity contribution in [1.82, 2.24) is 10.2 Å². The zero-order valence-corrected chi connectivity index (χ0v) is 14.4. The van der Waals surface area contributed by atoms with Gasteiger partial charge in [-0.25, -0.2) is 0 Å². The van der Waals surface area contributed by atoms with Crippen molar-refractivity contribution in [3.63, 3.8) is 0 Å². The van der Waals surface area contributed by atoms with Gasteiger partial charge in [0, 0.05) is 27.4 Å². The van der Waals surface area contributed by atoms with Crippen LogP contribution in [0.1, 0.15) is 12.3 Å². The van der Waals surface area contributed by atoms with E-state index in [0.717, 1.165) is 14.8 Å². The lowest BCUT2D eigenvalue weighted by Gasteiger charge is -2.05. The Labute approximate surface area is 144 Å². The van der Waals surface area contributed by atoms with Crippen molar-refractivity contribution in [3.05, 3.63) is 50.6 Å². The van der Waals surface area contributed by atoms with E-state index >= 15 is 0 Å². The molecule has 112 valence electrons. The average Bonchev–Trinajstić information content (AvgIpc) is 3.18. The first-order chi connectivity index (χ1) is 10.7. The molecular formula is C15H12IN3O2S. The summed E-state index contributed by atoms with van der Waals surface area (Å²) in [6.45, 7) is 0. The number of para-hydroxylation sites is 1. The van der Waals surface area contributed by atoms with Crippen LogP contribution >= 0.6 is 33.9 Å². The Balaban J connectivity index is 1.56. The minimum atomic E-state index is -0.0700. The van der Waals surface area contributed by atoms with Crippen molar-refractivity contribution in [3.8, 4) is 11.5 Å². The largest absolute Gasteiger partial charge is 0.421 e. The van der Waals surface area contributed by atoms with Crippen LogP contribution in [0.5, 0.6) is 0 Å². The van der Waals surface area contributed by atoms with Crippen molar-refractivity contribution >= 4 is 45.5 Å². The maximum atomic E-state index is 12.0. The van der Waals surface area contributed by atoms with E-state index in [1.54, 1.807) is 11.3 Å². The summed E-state index contributed by atoms with van der Waals surface area (Å²) in [5.41, 5.74) is 1.73. The molecule has 0 saturated carbocycles. The van der Waals surface area contributed by atoms with E-state index in [4.69, 9.17) is 4.42 Å². The van der Waals surface area contributed by atoms with Crippen LogP contribution in [-0.2, 0) is 11.2 Å². The first-order valence-corrected chi connectivity index (χ1v) is 8.64. The molecule has 22 heavy (non-hydrogen) atoms. The summed E-state index contributed by atoms with van der Waals surface area (Å²) in [6.07, 6.45) is 0.725. The number of anilines is 1. The standard InChI is InChI=1S/C15H12IN3O2S/c16-11-3-1-2-4-12(11)17-13(20)5-6-14-18-19-15(21-14)10-7-8-22-9-10/h1-4,7-9H,5-6H2,(H,17,20). The van der Waals surface area contributed by atoms with Gasteiger partial charge in [-0.05, 0) is 46.2 Å². The van der Waals surface area contributed by atoms with Crippen molar-refractivity contribution in [1.29, 1.82) is 0 Å². The Hall–Kier alpha value is -1.74. The van der Waals surface area contributed by atoms with E-state index in [0.29, 0.717) is 24.6 Å². The predicted molar refractivity (Wildman–Crippen MR) is 93.7 cm³/mol. The summed E-state index contributed by atoms with van der Waals surface area (Å²) in [5.74, 6) is 0.896. The molecule has 2 aromatic heterocycles. The van der Waals surface area contributed by atoms with Crippen LogP contribution in [0.15, 0.2) is 45.5 Å². The lowest BCUT2D eigenvalue weighted by molar-refractivity contribution is -0.116. The molecule has 1 aromatic carbocycles. The molecule has 2 heterocycles. The first kappa shape index (κ1) is 15.2. The van der Waals surface area contributed by atoms with Crippen molar-refractivity contribution < 1.29 is 9.21 Å². The normalized spacial score (nSPS) is 10.6.